The summed E-state index contributed by atoms with van der Waals surface area (Å²) < 4.78 is 10.7. The molecule has 0 N–H and O–H groups in total. The number of ether oxygens (including phenoxy) is 2. The van der Waals surface area contributed by atoms with Gasteiger partial charge in [-0.3, -0.25) is 0 Å². The molecule has 1 aliphatic rings. The van der Waals surface area contributed by atoms with Crippen LogP contribution in [0.5, 0.6) is 0 Å². The molecule has 0 amide bonds. The normalized spacial score (nSPS) is 28.4. The molecule has 3 heteroatoms. The van der Waals surface area contributed by atoms with E-state index in [1.54, 1.807) is 7.11 Å². The molecule has 1 aliphatic heterocycles. The van der Waals surface area contributed by atoms with E-state index in [2.05, 4.69) is 15.9 Å². The third-order valence-electron chi connectivity index (χ3n) is 2.18. The van der Waals surface area contributed by atoms with Gasteiger partial charge in [0.15, 0.2) is 0 Å². The predicted octanol–water partition coefficient (Wildman–Crippen LogP) is 1.82. The Morgan fingerprint density at radius 3 is 3.00 bits per heavy atom. The van der Waals surface area contributed by atoms with Gasteiger partial charge in [-0.25, -0.2) is 0 Å². The highest BCUT2D eigenvalue weighted by Crippen LogP contribution is 2.20. The van der Waals surface area contributed by atoms with Gasteiger partial charge in [0, 0.05) is 25.0 Å². The standard InChI is InChI=1S/C8H15BrO2/c1-10-8(5-9)7-3-2-4-11-6-7/h7-8H,2-6H2,1H3. The molecular weight excluding hydrogens is 208 g/mol. The molecule has 0 aromatic heterocycles. The summed E-state index contributed by atoms with van der Waals surface area (Å²) in [5.74, 6) is 0.591. The molecule has 1 heterocycles. The summed E-state index contributed by atoms with van der Waals surface area (Å²) in [6, 6.07) is 0. The van der Waals surface area contributed by atoms with Crippen LogP contribution in [-0.2, 0) is 9.47 Å². The molecule has 2 unspecified atom stereocenters. The lowest BCUT2D eigenvalue weighted by molar-refractivity contribution is -0.0178. The van der Waals surface area contributed by atoms with Crippen LogP contribution in [-0.4, -0.2) is 31.8 Å². The van der Waals surface area contributed by atoms with E-state index in [1.165, 1.54) is 12.8 Å². The van der Waals surface area contributed by atoms with Gasteiger partial charge >= 0.3 is 0 Å². The number of methoxy groups -OCH3 is 1. The van der Waals surface area contributed by atoms with Gasteiger partial charge in [-0.15, -0.1) is 0 Å². The molecule has 1 rings (SSSR count). The Labute approximate surface area is 76.4 Å². The van der Waals surface area contributed by atoms with Crippen molar-refractivity contribution in [3.05, 3.63) is 0 Å². The number of alkyl halides is 1. The van der Waals surface area contributed by atoms with E-state index >= 15 is 0 Å². The van der Waals surface area contributed by atoms with E-state index in [9.17, 15) is 0 Å². The SMILES string of the molecule is COC(CBr)C1CCCOC1. The van der Waals surface area contributed by atoms with Crippen molar-refractivity contribution in [1.82, 2.24) is 0 Å². The molecule has 0 saturated carbocycles. The minimum atomic E-state index is 0.329. The largest absolute Gasteiger partial charge is 0.381 e. The lowest BCUT2D eigenvalue weighted by Gasteiger charge is -2.27. The summed E-state index contributed by atoms with van der Waals surface area (Å²) in [6.07, 6.45) is 2.75. The van der Waals surface area contributed by atoms with Gasteiger partial charge in [0.25, 0.3) is 0 Å². The Morgan fingerprint density at radius 2 is 2.55 bits per heavy atom. The third kappa shape index (κ3) is 2.73. The maximum atomic E-state index is 5.37. The molecule has 0 radical (unpaired) electrons. The number of halogens is 1. The summed E-state index contributed by atoms with van der Waals surface area (Å²) in [5.41, 5.74) is 0. The average molecular weight is 223 g/mol. The first-order valence-corrected chi connectivity index (χ1v) is 5.17. The minimum Gasteiger partial charge on any atom is -0.381 e. The van der Waals surface area contributed by atoms with Gasteiger partial charge in [0.1, 0.15) is 0 Å². The Kier molecular flexibility index (Phi) is 4.41. The number of rotatable bonds is 3. The van der Waals surface area contributed by atoms with E-state index in [-0.39, 0.29) is 0 Å². The first-order valence-electron chi connectivity index (χ1n) is 4.05. The Hall–Kier alpha value is 0.400. The fourth-order valence-corrected chi connectivity index (χ4v) is 2.23. The molecule has 1 saturated heterocycles. The second kappa shape index (κ2) is 5.12. The molecule has 2 atom stereocenters. The van der Waals surface area contributed by atoms with Crippen LogP contribution in [0.2, 0.25) is 0 Å². The molecule has 0 aromatic rings. The fourth-order valence-electron chi connectivity index (χ4n) is 1.44. The van der Waals surface area contributed by atoms with Gasteiger partial charge in [-0.05, 0) is 12.8 Å². The van der Waals surface area contributed by atoms with Crippen LogP contribution in [0.4, 0.5) is 0 Å². The van der Waals surface area contributed by atoms with E-state index in [0.29, 0.717) is 12.0 Å². The quantitative estimate of drug-likeness (QED) is 0.679. The lowest BCUT2D eigenvalue weighted by Crippen LogP contribution is -2.31. The highest BCUT2D eigenvalue weighted by molar-refractivity contribution is 9.09. The molecule has 0 aromatic carbocycles. The third-order valence-corrected chi connectivity index (χ3v) is 2.81. The maximum absolute atomic E-state index is 5.37. The Balaban J connectivity index is 2.30. The van der Waals surface area contributed by atoms with E-state index in [4.69, 9.17) is 9.47 Å². The minimum absolute atomic E-state index is 0.329. The van der Waals surface area contributed by atoms with Crippen molar-refractivity contribution >= 4 is 15.9 Å². The smallest absolute Gasteiger partial charge is 0.0718 e. The van der Waals surface area contributed by atoms with Crippen molar-refractivity contribution in [2.45, 2.75) is 18.9 Å². The summed E-state index contributed by atoms with van der Waals surface area (Å²) in [4.78, 5) is 0. The zero-order valence-corrected chi connectivity index (χ0v) is 8.47. The van der Waals surface area contributed by atoms with Gasteiger partial charge < -0.3 is 9.47 Å². The monoisotopic (exact) mass is 222 g/mol. The van der Waals surface area contributed by atoms with Gasteiger partial charge in [0.05, 0.1) is 12.7 Å². The van der Waals surface area contributed by atoms with Crippen LogP contribution in [0.15, 0.2) is 0 Å². The van der Waals surface area contributed by atoms with E-state index in [0.717, 1.165) is 18.5 Å². The molecule has 1 fully saturated rings. The Bertz CT molecular complexity index is 98.3. The average Bonchev–Trinajstić information content (AvgIpc) is 2.09. The van der Waals surface area contributed by atoms with Crippen LogP contribution in [0.3, 0.4) is 0 Å². The molecule has 0 aliphatic carbocycles. The second-order valence-corrected chi connectivity index (χ2v) is 3.55. The first-order chi connectivity index (χ1) is 5.38. The second-order valence-electron chi connectivity index (χ2n) is 2.91. The van der Waals surface area contributed by atoms with E-state index in [1.807, 2.05) is 0 Å². The summed E-state index contributed by atoms with van der Waals surface area (Å²) >= 11 is 3.43. The van der Waals surface area contributed by atoms with Crippen LogP contribution in [0, 0.1) is 5.92 Å². The van der Waals surface area contributed by atoms with Crippen molar-refractivity contribution in [2.75, 3.05) is 25.7 Å². The van der Waals surface area contributed by atoms with Gasteiger partial charge in [-0.1, -0.05) is 15.9 Å². The van der Waals surface area contributed by atoms with Crippen molar-refractivity contribution in [3.8, 4) is 0 Å². The summed E-state index contributed by atoms with van der Waals surface area (Å²) in [7, 11) is 1.76. The summed E-state index contributed by atoms with van der Waals surface area (Å²) in [5, 5.41) is 0.914. The first kappa shape index (κ1) is 9.49. The zero-order valence-electron chi connectivity index (χ0n) is 6.88. The topological polar surface area (TPSA) is 18.5 Å². The van der Waals surface area contributed by atoms with Crippen molar-refractivity contribution in [1.29, 1.82) is 0 Å². The highest BCUT2D eigenvalue weighted by Gasteiger charge is 2.22. The lowest BCUT2D eigenvalue weighted by atomic mass is 9.97. The maximum Gasteiger partial charge on any atom is 0.0718 e. The zero-order chi connectivity index (χ0) is 8.10. The molecule has 0 spiro atoms. The van der Waals surface area contributed by atoms with Gasteiger partial charge in [0.2, 0.25) is 0 Å². The van der Waals surface area contributed by atoms with Crippen LogP contribution >= 0.6 is 15.9 Å². The number of hydrogen-bond acceptors (Lipinski definition) is 2. The van der Waals surface area contributed by atoms with Crippen LogP contribution in [0.1, 0.15) is 12.8 Å². The van der Waals surface area contributed by atoms with Gasteiger partial charge in [-0.2, -0.15) is 0 Å². The van der Waals surface area contributed by atoms with E-state index < -0.39 is 0 Å². The predicted molar refractivity (Wildman–Crippen MR) is 48.1 cm³/mol. The molecular formula is C8H15BrO2. The highest BCUT2D eigenvalue weighted by atomic mass is 79.9. The molecule has 66 valence electrons. The molecule has 2 nitrogen and oxygen atoms in total. The summed E-state index contributed by atoms with van der Waals surface area (Å²) in [6.45, 7) is 1.79. The van der Waals surface area contributed by atoms with Crippen molar-refractivity contribution in [3.63, 3.8) is 0 Å². The number of hydrogen-bond donors (Lipinski definition) is 0. The Morgan fingerprint density at radius 1 is 1.73 bits per heavy atom. The molecule has 11 heavy (non-hydrogen) atoms. The fraction of sp³-hybridized carbons (Fsp3) is 1.00. The molecule has 0 bridgehead atoms. The van der Waals surface area contributed by atoms with Crippen molar-refractivity contribution < 1.29 is 9.47 Å². The van der Waals surface area contributed by atoms with Crippen LogP contribution in [0.25, 0.3) is 0 Å². The van der Waals surface area contributed by atoms with Crippen LogP contribution < -0.4 is 0 Å². The van der Waals surface area contributed by atoms with Crippen molar-refractivity contribution in [2.24, 2.45) is 5.92 Å².